The highest BCUT2D eigenvalue weighted by molar-refractivity contribution is 5.88. The van der Waals surface area contributed by atoms with Crippen molar-refractivity contribution in [3.8, 4) is 11.1 Å². The molecule has 2 aromatic carbocycles. The van der Waals surface area contributed by atoms with Crippen molar-refractivity contribution >= 4 is 23.9 Å². The molecule has 0 aromatic heterocycles. The number of rotatable bonds is 7. The topological polar surface area (TPSA) is 125 Å². The van der Waals surface area contributed by atoms with Gasteiger partial charge in [-0.3, -0.25) is 14.4 Å². The monoisotopic (exact) mass is 479 g/mol. The van der Waals surface area contributed by atoms with E-state index < -0.39 is 23.4 Å². The number of carbonyl (C=O) groups excluding carboxylic acids is 3. The molecule has 9 nitrogen and oxygen atoms in total. The van der Waals surface area contributed by atoms with Crippen LogP contribution in [0.5, 0.6) is 0 Å². The lowest BCUT2D eigenvalue weighted by atomic mass is 9.81. The van der Waals surface area contributed by atoms with Gasteiger partial charge in [-0.2, -0.15) is 0 Å². The van der Waals surface area contributed by atoms with Crippen molar-refractivity contribution in [3.05, 3.63) is 59.7 Å². The number of likely N-dealkylation sites (tertiary alicyclic amines) is 1. The quantitative estimate of drug-likeness (QED) is 0.559. The van der Waals surface area contributed by atoms with Crippen LogP contribution in [0.4, 0.5) is 4.79 Å². The number of nitrogens with one attached hydrogen (secondary N) is 2. The Morgan fingerprint density at radius 1 is 1.00 bits per heavy atom. The Hall–Kier alpha value is -3.88. The largest absolute Gasteiger partial charge is 0.481 e. The van der Waals surface area contributed by atoms with Crippen LogP contribution in [0, 0.1) is 11.3 Å². The summed E-state index contributed by atoms with van der Waals surface area (Å²) in [6.07, 6.45) is -0.723. The number of nitrogens with zero attached hydrogens (tertiary/aromatic N) is 1. The Morgan fingerprint density at radius 2 is 1.60 bits per heavy atom. The minimum atomic E-state index is -1.01. The second kappa shape index (κ2) is 9.77. The van der Waals surface area contributed by atoms with E-state index in [1.165, 1.54) is 4.90 Å². The zero-order valence-electron chi connectivity index (χ0n) is 19.7. The van der Waals surface area contributed by atoms with E-state index in [4.69, 9.17) is 4.74 Å². The number of hydrogen-bond donors (Lipinski definition) is 3. The van der Waals surface area contributed by atoms with Gasteiger partial charge in [0, 0.05) is 19.0 Å². The number of carboxylic acid groups (broad SMARTS) is 1. The van der Waals surface area contributed by atoms with E-state index in [1.54, 1.807) is 13.8 Å². The normalized spacial score (nSPS) is 20.6. The van der Waals surface area contributed by atoms with Crippen LogP contribution >= 0.6 is 0 Å². The summed E-state index contributed by atoms with van der Waals surface area (Å²) in [6, 6.07) is 16.0. The van der Waals surface area contributed by atoms with E-state index in [1.807, 2.05) is 48.5 Å². The highest BCUT2D eigenvalue weighted by Crippen LogP contribution is 2.44. The molecular formula is C26H29N3O6. The number of hydrogen-bond acceptors (Lipinski definition) is 5. The molecule has 0 saturated carbocycles. The third-order valence-electron chi connectivity index (χ3n) is 7.12. The van der Waals surface area contributed by atoms with Gasteiger partial charge in [-0.1, -0.05) is 55.5 Å². The first-order valence-corrected chi connectivity index (χ1v) is 11.6. The predicted molar refractivity (Wildman–Crippen MR) is 128 cm³/mol. The molecule has 1 saturated heterocycles. The molecule has 1 aliphatic carbocycles. The molecule has 0 bridgehead atoms. The maximum Gasteiger partial charge on any atom is 0.407 e. The van der Waals surface area contributed by atoms with Crippen LogP contribution in [-0.2, 0) is 19.1 Å². The lowest BCUT2D eigenvalue weighted by Crippen LogP contribution is -2.44. The zero-order chi connectivity index (χ0) is 25.2. The van der Waals surface area contributed by atoms with Crippen molar-refractivity contribution in [2.75, 3.05) is 32.8 Å². The molecule has 184 valence electrons. The number of carbonyl (C=O) groups is 4. The first-order chi connectivity index (χ1) is 16.7. The zero-order valence-corrected chi connectivity index (χ0v) is 19.7. The summed E-state index contributed by atoms with van der Waals surface area (Å²) in [6.45, 7) is 3.34. The summed E-state index contributed by atoms with van der Waals surface area (Å²) in [7, 11) is 0. The molecule has 0 radical (unpaired) electrons. The average molecular weight is 480 g/mol. The summed E-state index contributed by atoms with van der Waals surface area (Å²) in [5, 5.41) is 14.3. The van der Waals surface area contributed by atoms with Crippen molar-refractivity contribution in [1.29, 1.82) is 0 Å². The number of aliphatic carboxylic acids is 1. The molecule has 2 aromatic rings. The Morgan fingerprint density at radius 3 is 2.17 bits per heavy atom. The second-order valence-corrected chi connectivity index (χ2v) is 9.35. The van der Waals surface area contributed by atoms with Crippen molar-refractivity contribution in [1.82, 2.24) is 15.5 Å². The molecule has 1 aliphatic heterocycles. The fourth-order valence-electron chi connectivity index (χ4n) is 4.77. The van der Waals surface area contributed by atoms with Gasteiger partial charge in [0.1, 0.15) is 13.2 Å². The molecule has 0 unspecified atom stereocenters. The van der Waals surface area contributed by atoms with E-state index in [2.05, 4.69) is 10.6 Å². The number of ether oxygens (including phenoxy) is 1. The molecule has 4 rings (SSSR count). The van der Waals surface area contributed by atoms with Crippen molar-refractivity contribution in [3.63, 3.8) is 0 Å². The van der Waals surface area contributed by atoms with Gasteiger partial charge in [0.15, 0.2) is 0 Å². The molecule has 3 amide bonds. The van der Waals surface area contributed by atoms with Crippen molar-refractivity contribution < 1.29 is 29.0 Å². The van der Waals surface area contributed by atoms with E-state index in [9.17, 15) is 24.3 Å². The van der Waals surface area contributed by atoms with E-state index in [-0.39, 0.29) is 44.0 Å². The highest BCUT2D eigenvalue weighted by Gasteiger charge is 2.47. The highest BCUT2D eigenvalue weighted by atomic mass is 16.5. The third-order valence-corrected chi connectivity index (χ3v) is 7.12. The van der Waals surface area contributed by atoms with Gasteiger partial charge < -0.3 is 25.4 Å². The molecular weight excluding hydrogens is 450 g/mol. The van der Waals surface area contributed by atoms with Gasteiger partial charge in [0.2, 0.25) is 11.8 Å². The Bertz CT molecular complexity index is 1120. The number of carboxylic acids is 1. The Kier molecular flexibility index (Phi) is 6.77. The van der Waals surface area contributed by atoms with Crippen LogP contribution in [0.25, 0.3) is 11.1 Å². The summed E-state index contributed by atoms with van der Waals surface area (Å²) in [5.41, 5.74) is 3.42. The van der Waals surface area contributed by atoms with Crippen LogP contribution in [-0.4, -0.2) is 66.7 Å². The molecule has 2 atom stereocenters. The van der Waals surface area contributed by atoms with Crippen LogP contribution in [0.15, 0.2) is 48.5 Å². The van der Waals surface area contributed by atoms with E-state index >= 15 is 0 Å². The van der Waals surface area contributed by atoms with Gasteiger partial charge in [-0.25, -0.2) is 4.79 Å². The maximum atomic E-state index is 12.4. The fraction of sp³-hybridized carbons (Fsp3) is 0.385. The minimum Gasteiger partial charge on any atom is -0.481 e. The second-order valence-electron chi connectivity index (χ2n) is 9.35. The minimum absolute atomic E-state index is 0.0843. The fourth-order valence-corrected chi connectivity index (χ4v) is 4.77. The van der Waals surface area contributed by atoms with Gasteiger partial charge in [0.25, 0.3) is 0 Å². The molecule has 0 spiro atoms. The van der Waals surface area contributed by atoms with Crippen molar-refractivity contribution in [2.24, 2.45) is 11.3 Å². The van der Waals surface area contributed by atoms with Gasteiger partial charge in [0.05, 0.1) is 12.0 Å². The van der Waals surface area contributed by atoms with E-state index in [0.717, 1.165) is 22.3 Å². The first-order valence-electron chi connectivity index (χ1n) is 11.6. The van der Waals surface area contributed by atoms with Crippen LogP contribution in [0.1, 0.15) is 30.9 Å². The van der Waals surface area contributed by atoms with E-state index in [0.29, 0.717) is 6.54 Å². The Labute approximate surface area is 203 Å². The lowest BCUT2D eigenvalue weighted by molar-refractivity contribution is -0.149. The van der Waals surface area contributed by atoms with Crippen LogP contribution in [0.3, 0.4) is 0 Å². The van der Waals surface area contributed by atoms with Crippen molar-refractivity contribution in [2.45, 2.75) is 19.8 Å². The average Bonchev–Trinajstić information content (AvgIpc) is 3.34. The molecule has 9 heteroatoms. The number of fused-ring (bicyclic) bond motifs is 3. The van der Waals surface area contributed by atoms with Gasteiger partial charge in [-0.05, 0) is 35.1 Å². The summed E-state index contributed by atoms with van der Waals surface area (Å²) in [5.74, 6) is -2.14. The number of benzene rings is 2. The molecule has 1 fully saturated rings. The first kappa shape index (κ1) is 24.3. The maximum absolute atomic E-state index is 12.4. The Balaban J connectivity index is 1.22. The molecule has 1 heterocycles. The predicted octanol–water partition coefficient (Wildman–Crippen LogP) is 2.21. The third kappa shape index (κ3) is 4.84. The number of alkyl carbamates (subject to hydrolysis) is 1. The van der Waals surface area contributed by atoms with Gasteiger partial charge in [-0.15, -0.1) is 0 Å². The smallest absolute Gasteiger partial charge is 0.407 e. The summed E-state index contributed by atoms with van der Waals surface area (Å²) in [4.78, 5) is 49.7. The molecule has 2 aliphatic rings. The van der Waals surface area contributed by atoms with Gasteiger partial charge >= 0.3 is 12.1 Å². The van der Waals surface area contributed by atoms with Crippen LogP contribution in [0.2, 0.25) is 0 Å². The summed E-state index contributed by atoms with van der Waals surface area (Å²) < 4.78 is 5.39. The lowest BCUT2D eigenvalue weighted by Gasteiger charge is -2.22. The standard InChI is InChI=1S/C26H29N3O6/c1-16-13-29(15-26(16,2)24(32)33)23(31)12-27-22(30)11-28-25(34)35-14-21-19-9-5-3-7-17(19)18-8-4-6-10-20(18)21/h3-10,16,21H,11-15H2,1-2H3,(H,27,30)(H,28,34)(H,32,33)/t16-,26-/m0/s1. The number of amides is 3. The SMILES string of the molecule is C[C@H]1CN(C(=O)CNC(=O)CNC(=O)OCC2c3ccccc3-c3ccccc32)C[C@]1(C)C(=O)O. The molecule has 35 heavy (non-hydrogen) atoms. The summed E-state index contributed by atoms with van der Waals surface area (Å²) >= 11 is 0. The molecule has 3 N–H and O–H groups in total. The van der Waals surface area contributed by atoms with Crippen LogP contribution < -0.4 is 10.6 Å².